The van der Waals surface area contributed by atoms with E-state index >= 15 is 0 Å². The van der Waals surface area contributed by atoms with Crippen LogP contribution >= 0.6 is 11.8 Å². The molecular formula is C24H21N3O5S. The van der Waals surface area contributed by atoms with Crippen molar-refractivity contribution in [3.05, 3.63) is 70.8 Å². The summed E-state index contributed by atoms with van der Waals surface area (Å²) in [6.07, 6.45) is 3.63. The van der Waals surface area contributed by atoms with E-state index in [9.17, 15) is 14.4 Å². The number of rotatable bonds is 5. The van der Waals surface area contributed by atoms with Crippen LogP contribution in [0.4, 0.5) is 5.69 Å². The van der Waals surface area contributed by atoms with E-state index in [0.29, 0.717) is 21.3 Å². The molecule has 1 saturated heterocycles. The second kappa shape index (κ2) is 9.33. The quantitative estimate of drug-likeness (QED) is 0.422. The number of fused-ring (bicyclic) bond motifs is 1. The fourth-order valence-corrected chi connectivity index (χ4v) is 4.43. The first kappa shape index (κ1) is 22.3. The number of benzene rings is 2. The zero-order valence-corrected chi connectivity index (χ0v) is 19.1. The van der Waals surface area contributed by atoms with Crippen molar-refractivity contribution >= 4 is 57.4 Å². The number of nitrogens with zero attached hydrogens (tertiary/aromatic N) is 3. The van der Waals surface area contributed by atoms with Crippen LogP contribution in [-0.4, -0.2) is 53.7 Å². The highest BCUT2D eigenvalue weighted by molar-refractivity contribution is 8.18. The molecule has 0 radical (unpaired) electrons. The van der Waals surface area contributed by atoms with Gasteiger partial charge in [0.2, 0.25) is 0 Å². The molecule has 0 spiro atoms. The van der Waals surface area contributed by atoms with Gasteiger partial charge in [-0.15, -0.1) is 0 Å². The lowest BCUT2D eigenvalue weighted by Gasteiger charge is -2.07. The van der Waals surface area contributed by atoms with Crippen molar-refractivity contribution in [1.82, 2.24) is 9.47 Å². The predicted octanol–water partition coefficient (Wildman–Crippen LogP) is 3.83. The van der Waals surface area contributed by atoms with E-state index in [0.717, 1.165) is 16.5 Å². The lowest BCUT2D eigenvalue weighted by atomic mass is 10.1. The number of likely N-dealkylation sites (N-methyl/N-ethyl adjacent to an activating group) is 1. The van der Waals surface area contributed by atoms with Crippen LogP contribution in [-0.2, 0) is 25.6 Å². The van der Waals surface area contributed by atoms with Gasteiger partial charge in [-0.2, -0.15) is 0 Å². The first-order valence-corrected chi connectivity index (χ1v) is 10.8. The van der Waals surface area contributed by atoms with Gasteiger partial charge in [0, 0.05) is 29.7 Å². The first-order valence-electron chi connectivity index (χ1n) is 10.0. The van der Waals surface area contributed by atoms with Gasteiger partial charge in [0.15, 0.2) is 5.17 Å². The maximum atomic E-state index is 12.9. The van der Waals surface area contributed by atoms with Gasteiger partial charge >= 0.3 is 11.9 Å². The Kier molecular flexibility index (Phi) is 6.32. The highest BCUT2D eigenvalue weighted by atomic mass is 32.2. The third-order valence-electron chi connectivity index (χ3n) is 5.13. The minimum atomic E-state index is -0.454. The number of carbonyl (C=O) groups is 3. The Bertz CT molecular complexity index is 1320. The largest absolute Gasteiger partial charge is 0.468 e. The molecule has 0 N–H and O–H groups in total. The number of carbonyl (C=O) groups excluding carboxylic acids is 3. The first-order chi connectivity index (χ1) is 15.9. The van der Waals surface area contributed by atoms with Crippen molar-refractivity contribution in [3.8, 4) is 0 Å². The van der Waals surface area contributed by atoms with Crippen LogP contribution in [0.2, 0.25) is 0 Å². The summed E-state index contributed by atoms with van der Waals surface area (Å²) in [5.41, 5.74) is 2.60. The van der Waals surface area contributed by atoms with Gasteiger partial charge in [-0.25, -0.2) is 9.79 Å². The second-order valence-corrected chi connectivity index (χ2v) is 8.23. The van der Waals surface area contributed by atoms with Crippen LogP contribution in [0.5, 0.6) is 0 Å². The van der Waals surface area contributed by atoms with Crippen molar-refractivity contribution in [2.75, 3.05) is 21.3 Å². The van der Waals surface area contributed by atoms with Crippen molar-refractivity contribution in [1.29, 1.82) is 0 Å². The van der Waals surface area contributed by atoms with Gasteiger partial charge in [0.25, 0.3) is 5.91 Å². The number of esters is 2. The molecule has 0 unspecified atom stereocenters. The normalized spacial score (nSPS) is 16.1. The van der Waals surface area contributed by atoms with E-state index in [1.807, 2.05) is 30.5 Å². The Morgan fingerprint density at radius 3 is 2.64 bits per heavy atom. The third-order valence-corrected chi connectivity index (χ3v) is 6.19. The second-order valence-electron chi connectivity index (χ2n) is 7.22. The number of aromatic nitrogens is 1. The molecule has 1 aromatic heterocycles. The van der Waals surface area contributed by atoms with Gasteiger partial charge in [-0.3, -0.25) is 14.5 Å². The van der Waals surface area contributed by atoms with Gasteiger partial charge < -0.3 is 14.0 Å². The predicted molar refractivity (Wildman–Crippen MR) is 127 cm³/mol. The molecule has 9 heteroatoms. The maximum Gasteiger partial charge on any atom is 0.337 e. The van der Waals surface area contributed by atoms with Crippen LogP contribution in [0.1, 0.15) is 15.9 Å². The zero-order chi connectivity index (χ0) is 23.5. The minimum Gasteiger partial charge on any atom is -0.468 e. The average Bonchev–Trinajstić information content (AvgIpc) is 3.31. The minimum absolute atomic E-state index is 0.0738. The summed E-state index contributed by atoms with van der Waals surface area (Å²) in [6.45, 7) is 0.0738. The summed E-state index contributed by atoms with van der Waals surface area (Å²) >= 11 is 1.24. The molecule has 1 aliphatic heterocycles. The Balaban J connectivity index is 1.68. The SMILES string of the molecule is COC(=O)Cn1cc(C=C2SC(=Nc3cccc(C(=O)OC)c3)N(C)C2=O)c2ccccc21. The van der Waals surface area contributed by atoms with Crippen LogP contribution in [0.3, 0.4) is 0 Å². The number of hydrogen-bond acceptors (Lipinski definition) is 7. The van der Waals surface area contributed by atoms with E-state index in [1.165, 1.54) is 30.9 Å². The summed E-state index contributed by atoms with van der Waals surface area (Å²) in [5.74, 6) is -0.998. The van der Waals surface area contributed by atoms with Crippen molar-refractivity contribution in [2.24, 2.45) is 4.99 Å². The highest BCUT2D eigenvalue weighted by Crippen LogP contribution is 2.35. The number of amides is 1. The van der Waals surface area contributed by atoms with Crippen molar-refractivity contribution < 1.29 is 23.9 Å². The molecule has 8 nitrogen and oxygen atoms in total. The molecule has 0 bridgehead atoms. The number of hydrogen-bond donors (Lipinski definition) is 0. The molecule has 2 aromatic carbocycles. The van der Waals surface area contributed by atoms with Gasteiger partial charge in [-0.05, 0) is 42.1 Å². The molecule has 3 aromatic rings. The number of ether oxygens (including phenoxy) is 2. The van der Waals surface area contributed by atoms with E-state index in [2.05, 4.69) is 4.99 Å². The Labute approximate surface area is 194 Å². The molecular weight excluding hydrogens is 442 g/mol. The zero-order valence-electron chi connectivity index (χ0n) is 18.3. The summed E-state index contributed by atoms with van der Waals surface area (Å²) in [7, 11) is 4.32. The van der Waals surface area contributed by atoms with Crippen molar-refractivity contribution in [2.45, 2.75) is 6.54 Å². The molecule has 4 rings (SSSR count). The smallest absolute Gasteiger partial charge is 0.337 e. The molecule has 0 atom stereocenters. The van der Waals surface area contributed by atoms with E-state index in [-0.39, 0.29) is 18.4 Å². The summed E-state index contributed by atoms with van der Waals surface area (Å²) in [5, 5.41) is 1.41. The highest BCUT2D eigenvalue weighted by Gasteiger charge is 2.30. The Hall–Kier alpha value is -3.85. The fourth-order valence-electron chi connectivity index (χ4n) is 3.45. The average molecular weight is 464 g/mol. The van der Waals surface area contributed by atoms with Crippen molar-refractivity contribution in [3.63, 3.8) is 0 Å². The van der Waals surface area contributed by atoms with E-state index < -0.39 is 5.97 Å². The monoisotopic (exact) mass is 463 g/mol. The number of amidine groups is 1. The molecule has 33 heavy (non-hydrogen) atoms. The van der Waals surface area contributed by atoms with E-state index in [4.69, 9.17) is 9.47 Å². The molecule has 0 saturated carbocycles. The van der Waals surface area contributed by atoms with Gasteiger partial charge in [0.05, 0.1) is 30.4 Å². The Morgan fingerprint density at radius 2 is 1.88 bits per heavy atom. The van der Waals surface area contributed by atoms with E-state index in [1.54, 1.807) is 42.0 Å². The summed E-state index contributed by atoms with van der Waals surface area (Å²) in [6, 6.07) is 14.4. The van der Waals surface area contributed by atoms with Crippen LogP contribution in [0.15, 0.2) is 64.6 Å². The number of methoxy groups -OCH3 is 2. The van der Waals surface area contributed by atoms with Gasteiger partial charge in [-0.1, -0.05) is 24.3 Å². The maximum absolute atomic E-state index is 12.9. The topological polar surface area (TPSA) is 90.2 Å². The third kappa shape index (κ3) is 4.54. The molecule has 1 aliphatic rings. The number of thioether (sulfide) groups is 1. The van der Waals surface area contributed by atoms with Crippen LogP contribution < -0.4 is 0 Å². The Morgan fingerprint density at radius 1 is 1.09 bits per heavy atom. The van der Waals surface area contributed by atoms with Crippen LogP contribution in [0, 0.1) is 0 Å². The fraction of sp³-hybridized carbons (Fsp3) is 0.167. The molecule has 168 valence electrons. The summed E-state index contributed by atoms with van der Waals surface area (Å²) in [4.78, 5) is 43.0. The lowest BCUT2D eigenvalue weighted by Crippen LogP contribution is -2.23. The number of para-hydroxylation sites is 1. The number of aliphatic imine (C=N–C) groups is 1. The molecule has 2 heterocycles. The van der Waals surface area contributed by atoms with Crippen LogP contribution in [0.25, 0.3) is 17.0 Å². The molecule has 0 aliphatic carbocycles. The molecule has 1 fully saturated rings. The standard InChI is InChI=1S/C24H21N3O5S/c1-26-22(29)20(33-24(26)25-17-8-6-7-15(11-17)23(30)32-3)12-16-13-27(14-21(28)31-2)19-10-5-4-9-18(16)19/h4-13H,14H2,1-3H3. The summed E-state index contributed by atoms with van der Waals surface area (Å²) < 4.78 is 11.3. The lowest BCUT2D eigenvalue weighted by molar-refractivity contribution is -0.141. The molecule has 1 amide bonds. The van der Waals surface area contributed by atoms with Gasteiger partial charge in [0.1, 0.15) is 6.54 Å².